The molecule has 2 aromatic rings. The van der Waals surface area contributed by atoms with Crippen molar-refractivity contribution in [3.63, 3.8) is 0 Å². The predicted molar refractivity (Wildman–Crippen MR) is 98.0 cm³/mol. The molecule has 2 rings (SSSR count). The van der Waals surface area contributed by atoms with Crippen molar-refractivity contribution in [3.05, 3.63) is 62.6 Å². The van der Waals surface area contributed by atoms with Crippen molar-refractivity contribution >= 4 is 52.3 Å². The van der Waals surface area contributed by atoms with E-state index >= 15 is 0 Å². The van der Waals surface area contributed by atoms with E-state index in [1.165, 1.54) is 0 Å². The Labute approximate surface area is 155 Å². The van der Waals surface area contributed by atoms with Gasteiger partial charge in [0.1, 0.15) is 0 Å². The monoisotopic (exact) mass is 384 g/mol. The molecule has 0 fully saturated rings. The average Bonchev–Trinajstić information content (AvgIpc) is 2.52. The number of halogens is 3. The Hall–Kier alpha value is -1.75. The number of amides is 2. The molecule has 0 aliphatic rings. The maximum atomic E-state index is 11.9. The van der Waals surface area contributed by atoms with Crippen molar-refractivity contribution in [1.82, 2.24) is 5.32 Å². The minimum Gasteiger partial charge on any atom is -0.347 e. The first-order chi connectivity index (χ1) is 11.4. The van der Waals surface area contributed by atoms with Gasteiger partial charge in [0.25, 0.3) is 0 Å². The Morgan fingerprint density at radius 1 is 0.958 bits per heavy atom. The number of benzene rings is 2. The summed E-state index contributed by atoms with van der Waals surface area (Å²) in [4.78, 5) is 23.8. The van der Waals surface area contributed by atoms with Crippen molar-refractivity contribution in [3.8, 4) is 0 Å². The molecule has 7 heteroatoms. The Bertz CT molecular complexity index is 778. The molecule has 0 bridgehead atoms. The van der Waals surface area contributed by atoms with Gasteiger partial charge < -0.3 is 10.6 Å². The van der Waals surface area contributed by atoms with Crippen LogP contribution in [0, 0.1) is 6.92 Å². The summed E-state index contributed by atoms with van der Waals surface area (Å²) in [6, 6.07) is 10.2. The minimum absolute atomic E-state index is 0.280. The molecular formula is C17H15Cl3N2O2. The van der Waals surface area contributed by atoms with Gasteiger partial charge in [0, 0.05) is 27.3 Å². The number of nitrogens with one attached hydrogen (secondary N) is 2. The number of aryl methyl sites for hydroxylation is 1. The Morgan fingerprint density at radius 2 is 1.62 bits per heavy atom. The maximum Gasteiger partial charge on any atom is 0.313 e. The Kier molecular flexibility index (Phi) is 6.49. The van der Waals surface area contributed by atoms with E-state index in [2.05, 4.69) is 10.6 Å². The van der Waals surface area contributed by atoms with Crippen LogP contribution in [-0.4, -0.2) is 18.4 Å². The third kappa shape index (κ3) is 5.13. The second-order valence-corrected chi connectivity index (χ2v) is 6.44. The highest BCUT2D eigenvalue weighted by atomic mass is 35.5. The van der Waals surface area contributed by atoms with Gasteiger partial charge in [-0.1, -0.05) is 46.9 Å². The second kappa shape index (κ2) is 8.38. The molecule has 126 valence electrons. The van der Waals surface area contributed by atoms with Crippen LogP contribution in [0.1, 0.15) is 11.1 Å². The summed E-state index contributed by atoms with van der Waals surface area (Å²) in [6.07, 6.45) is 0.491. The predicted octanol–water partition coefficient (Wildman–Crippen LogP) is 4.25. The maximum absolute atomic E-state index is 11.9. The van der Waals surface area contributed by atoms with Crippen LogP contribution >= 0.6 is 34.8 Å². The number of rotatable bonds is 4. The van der Waals surface area contributed by atoms with Gasteiger partial charge in [-0.2, -0.15) is 0 Å². The summed E-state index contributed by atoms with van der Waals surface area (Å²) < 4.78 is 0. The smallest absolute Gasteiger partial charge is 0.313 e. The van der Waals surface area contributed by atoms with Gasteiger partial charge in [0.05, 0.1) is 0 Å². The molecule has 0 saturated carbocycles. The molecule has 2 aromatic carbocycles. The van der Waals surface area contributed by atoms with E-state index < -0.39 is 11.8 Å². The van der Waals surface area contributed by atoms with Crippen molar-refractivity contribution in [2.75, 3.05) is 11.9 Å². The zero-order valence-electron chi connectivity index (χ0n) is 12.8. The molecule has 0 aliphatic carbocycles. The summed E-state index contributed by atoms with van der Waals surface area (Å²) in [7, 11) is 0. The third-order valence-corrected chi connectivity index (χ3v) is 4.17. The number of carbonyl (C=O) groups is 2. The number of hydrogen-bond donors (Lipinski definition) is 2. The number of hydrogen-bond acceptors (Lipinski definition) is 2. The quantitative estimate of drug-likeness (QED) is 0.773. The third-order valence-electron chi connectivity index (χ3n) is 3.35. The Balaban J connectivity index is 1.88. The zero-order valence-corrected chi connectivity index (χ0v) is 15.1. The van der Waals surface area contributed by atoms with Crippen LogP contribution in [0.2, 0.25) is 15.1 Å². The van der Waals surface area contributed by atoms with Crippen LogP contribution < -0.4 is 10.6 Å². The molecular weight excluding hydrogens is 371 g/mol. The van der Waals surface area contributed by atoms with E-state index in [0.29, 0.717) is 27.2 Å². The summed E-state index contributed by atoms with van der Waals surface area (Å²) in [5, 5.41) is 6.64. The number of anilines is 1. The largest absolute Gasteiger partial charge is 0.347 e. The topological polar surface area (TPSA) is 58.2 Å². The van der Waals surface area contributed by atoms with Gasteiger partial charge in [0.15, 0.2) is 0 Å². The van der Waals surface area contributed by atoms with Crippen molar-refractivity contribution in [2.24, 2.45) is 0 Å². The van der Waals surface area contributed by atoms with Gasteiger partial charge >= 0.3 is 11.8 Å². The summed E-state index contributed by atoms with van der Waals surface area (Å²) in [5.41, 5.74) is 2.16. The molecule has 24 heavy (non-hydrogen) atoms. The molecule has 0 unspecified atom stereocenters. The summed E-state index contributed by atoms with van der Waals surface area (Å²) >= 11 is 17.8. The lowest BCUT2D eigenvalue weighted by Crippen LogP contribution is -2.36. The van der Waals surface area contributed by atoms with Gasteiger partial charge in [-0.3, -0.25) is 9.59 Å². The molecule has 0 radical (unpaired) electrons. The van der Waals surface area contributed by atoms with E-state index in [0.717, 1.165) is 11.1 Å². The molecule has 2 N–H and O–H groups in total. The molecule has 0 saturated heterocycles. The minimum atomic E-state index is -0.748. The summed E-state index contributed by atoms with van der Waals surface area (Å²) in [6.45, 7) is 2.09. The molecule has 0 aromatic heterocycles. The standard InChI is InChI=1S/C17H15Cl3N2O2/c1-10-2-4-13(19)9-15(10)22-17(24)16(23)21-7-6-11-3-5-12(18)8-14(11)20/h2-5,8-9H,6-7H2,1H3,(H,21,23)(H,22,24). The van der Waals surface area contributed by atoms with E-state index in [9.17, 15) is 9.59 Å². The molecule has 2 amide bonds. The van der Waals surface area contributed by atoms with Crippen LogP contribution in [0.3, 0.4) is 0 Å². The van der Waals surface area contributed by atoms with Crippen LogP contribution in [0.5, 0.6) is 0 Å². The summed E-state index contributed by atoms with van der Waals surface area (Å²) in [5.74, 6) is -1.47. The molecule has 0 spiro atoms. The number of carbonyl (C=O) groups excluding carboxylic acids is 2. The van der Waals surface area contributed by atoms with Gasteiger partial charge in [0.2, 0.25) is 0 Å². The average molecular weight is 386 g/mol. The lowest BCUT2D eigenvalue weighted by molar-refractivity contribution is -0.136. The highest BCUT2D eigenvalue weighted by Crippen LogP contribution is 2.21. The fourth-order valence-electron chi connectivity index (χ4n) is 2.02. The van der Waals surface area contributed by atoms with E-state index in [1.807, 2.05) is 6.92 Å². The first kappa shape index (κ1) is 18.6. The molecule has 0 atom stereocenters. The van der Waals surface area contributed by atoms with Crippen LogP contribution in [0.25, 0.3) is 0 Å². The lowest BCUT2D eigenvalue weighted by Gasteiger charge is -2.10. The van der Waals surface area contributed by atoms with E-state index in [4.69, 9.17) is 34.8 Å². The zero-order chi connectivity index (χ0) is 17.7. The first-order valence-corrected chi connectivity index (χ1v) is 8.29. The van der Waals surface area contributed by atoms with Crippen LogP contribution in [-0.2, 0) is 16.0 Å². The fourth-order valence-corrected chi connectivity index (χ4v) is 2.70. The SMILES string of the molecule is Cc1ccc(Cl)cc1NC(=O)C(=O)NCCc1ccc(Cl)cc1Cl. The van der Waals surface area contributed by atoms with E-state index in [-0.39, 0.29) is 6.54 Å². The Morgan fingerprint density at radius 3 is 2.33 bits per heavy atom. The van der Waals surface area contributed by atoms with Crippen molar-refractivity contribution < 1.29 is 9.59 Å². The van der Waals surface area contributed by atoms with E-state index in [1.54, 1.807) is 36.4 Å². The molecule has 4 nitrogen and oxygen atoms in total. The fraction of sp³-hybridized carbons (Fsp3) is 0.176. The highest BCUT2D eigenvalue weighted by molar-refractivity contribution is 6.40. The van der Waals surface area contributed by atoms with Crippen LogP contribution in [0.4, 0.5) is 5.69 Å². The molecule has 0 aliphatic heterocycles. The van der Waals surface area contributed by atoms with Gasteiger partial charge in [-0.05, 0) is 48.7 Å². The lowest BCUT2D eigenvalue weighted by atomic mass is 10.1. The van der Waals surface area contributed by atoms with Crippen molar-refractivity contribution in [2.45, 2.75) is 13.3 Å². The van der Waals surface area contributed by atoms with Crippen molar-refractivity contribution in [1.29, 1.82) is 0 Å². The van der Waals surface area contributed by atoms with Gasteiger partial charge in [-0.25, -0.2) is 0 Å². The normalized spacial score (nSPS) is 10.3. The van der Waals surface area contributed by atoms with Gasteiger partial charge in [-0.15, -0.1) is 0 Å². The first-order valence-electron chi connectivity index (χ1n) is 7.16. The highest BCUT2D eigenvalue weighted by Gasteiger charge is 2.14. The van der Waals surface area contributed by atoms with Crippen LogP contribution in [0.15, 0.2) is 36.4 Å². The second-order valence-electron chi connectivity index (χ2n) is 5.15. The molecule has 0 heterocycles.